The summed E-state index contributed by atoms with van der Waals surface area (Å²) in [5, 5.41) is 10.6. The van der Waals surface area contributed by atoms with Crippen LogP contribution in [0.3, 0.4) is 0 Å². The standard InChI is InChI=1S/C10H8BrF2NO3/c1-5(11)9(15)6-3-2-4-7(14(16)17)8(6)10(12)13/h2-5,10H,1H3. The van der Waals surface area contributed by atoms with Crippen LogP contribution in [0.2, 0.25) is 0 Å². The number of nitro groups is 1. The molecule has 0 aliphatic rings. The minimum absolute atomic E-state index is 0.321. The summed E-state index contributed by atoms with van der Waals surface area (Å²) < 4.78 is 25.6. The van der Waals surface area contributed by atoms with Gasteiger partial charge in [-0.05, 0) is 6.92 Å². The van der Waals surface area contributed by atoms with Gasteiger partial charge in [0.05, 0.1) is 9.75 Å². The van der Waals surface area contributed by atoms with Gasteiger partial charge in [-0.2, -0.15) is 0 Å². The number of alkyl halides is 3. The second-order valence-corrected chi connectivity index (χ2v) is 4.65. The van der Waals surface area contributed by atoms with E-state index >= 15 is 0 Å². The third-order valence-electron chi connectivity index (χ3n) is 2.12. The van der Waals surface area contributed by atoms with Crippen LogP contribution >= 0.6 is 15.9 Å². The highest BCUT2D eigenvalue weighted by Crippen LogP contribution is 2.33. The van der Waals surface area contributed by atoms with Gasteiger partial charge in [-0.3, -0.25) is 14.9 Å². The molecule has 1 aromatic rings. The van der Waals surface area contributed by atoms with Crippen LogP contribution in [0.15, 0.2) is 18.2 Å². The molecule has 0 amide bonds. The van der Waals surface area contributed by atoms with E-state index < -0.39 is 33.2 Å². The Labute approximate surface area is 104 Å². The van der Waals surface area contributed by atoms with Gasteiger partial charge in [-0.25, -0.2) is 8.78 Å². The average molecular weight is 308 g/mol. The van der Waals surface area contributed by atoms with Crippen LogP contribution in [0.4, 0.5) is 14.5 Å². The predicted molar refractivity (Wildman–Crippen MR) is 60.8 cm³/mol. The van der Waals surface area contributed by atoms with Gasteiger partial charge in [-0.1, -0.05) is 28.1 Å². The molecule has 0 spiro atoms. The highest BCUT2D eigenvalue weighted by Gasteiger charge is 2.29. The molecular formula is C10H8BrF2NO3. The molecule has 7 heteroatoms. The van der Waals surface area contributed by atoms with Crippen molar-refractivity contribution in [2.45, 2.75) is 18.2 Å². The summed E-state index contributed by atoms with van der Waals surface area (Å²) in [4.78, 5) is 20.7. The Kier molecular flexibility index (Phi) is 4.28. The predicted octanol–water partition coefficient (Wildman–Crippen LogP) is 3.50. The zero-order valence-electron chi connectivity index (χ0n) is 8.69. The zero-order chi connectivity index (χ0) is 13.2. The number of carbonyl (C=O) groups excluding carboxylic acids is 1. The minimum atomic E-state index is -3.07. The van der Waals surface area contributed by atoms with Crippen molar-refractivity contribution < 1.29 is 18.5 Å². The second kappa shape index (κ2) is 5.31. The first kappa shape index (κ1) is 13.7. The van der Waals surface area contributed by atoms with Crippen molar-refractivity contribution in [1.29, 1.82) is 0 Å². The number of hydrogen-bond acceptors (Lipinski definition) is 3. The molecule has 0 bridgehead atoms. The SMILES string of the molecule is CC(Br)C(=O)c1cccc([N+](=O)[O-])c1C(F)F. The van der Waals surface area contributed by atoms with Crippen LogP contribution in [0.5, 0.6) is 0 Å². The lowest BCUT2D eigenvalue weighted by Gasteiger charge is -2.09. The molecule has 0 saturated carbocycles. The molecule has 1 atom stereocenters. The van der Waals surface area contributed by atoms with Crippen molar-refractivity contribution in [3.8, 4) is 0 Å². The van der Waals surface area contributed by atoms with Gasteiger partial charge in [0.25, 0.3) is 12.1 Å². The highest BCUT2D eigenvalue weighted by atomic mass is 79.9. The molecule has 4 nitrogen and oxygen atoms in total. The second-order valence-electron chi connectivity index (χ2n) is 3.28. The van der Waals surface area contributed by atoms with Crippen LogP contribution in [0.1, 0.15) is 29.3 Å². The van der Waals surface area contributed by atoms with E-state index in [4.69, 9.17) is 0 Å². The van der Waals surface area contributed by atoms with Gasteiger partial charge < -0.3 is 0 Å². The molecule has 0 aliphatic heterocycles. The Morgan fingerprint density at radius 1 is 1.47 bits per heavy atom. The van der Waals surface area contributed by atoms with Crippen molar-refractivity contribution in [3.63, 3.8) is 0 Å². The van der Waals surface area contributed by atoms with E-state index in [1.54, 1.807) is 0 Å². The topological polar surface area (TPSA) is 60.2 Å². The smallest absolute Gasteiger partial charge is 0.279 e. The molecule has 0 N–H and O–H groups in total. The van der Waals surface area contributed by atoms with Crippen molar-refractivity contribution in [3.05, 3.63) is 39.4 Å². The fraction of sp³-hybridized carbons (Fsp3) is 0.300. The van der Waals surface area contributed by atoms with Gasteiger partial charge in [0, 0.05) is 11.6 Å². The number of rotatable bonds is 4. The van der Waals surface area contributed by atoms with Crippen LogP contribution in [-0.2, 0) is 0 Å². The largest absolute Gasteiger partial charge is 0.293 e. The molecular weight excluding hydrogens is 300 g/mol. The first-order valence-corrected chi connectivity index (χ1v) is 5.51. The number of nitro benzene ring substituents is 1. The fourth-order valence-electron chi connectivity index (χ4n) is 1.37. The Hall–Kier alpha value is -1.37. The van der Waals surface area contributed by atoms with Gasteiger partial charge >= 0.3 is 0 Å². The van der Waals surface area contributed by atoms with Gasteiger partial charge in [-0.15, -0.1) is 0 Å². The number of halogens is 3. The summed E-state index contributed by atoms with van der Waals surface area (Å²) in [6, 6.07) is 3.33. The molecule has 0 aliphatic carbocycles. The first-order valence-electron chi connectivity index (χ1n) is 4.60. The van der Waals surface area contributed by atoms with Crippen molar-refractivity contribution in [2.75, 3.05) is 0 Å². The monoisotopic (exact) mass is 307 g/mol. The molecule has 0 heterocycles. The average Bonchev–Trinajstić information content (AvgIpc) is 2.26. The summed E-state index contributed by atoms with van der Waals surface area (Å²) in [7, 11) is 0. The van der Waals surface area contributed by atoms with E-state index in [1.807, 2.05) is 0 Å². The Bertz CT molecular complexity index is 463. The molecule has 0 fully saturated rings. The van der Waals surface area contributed by atoms with E-state index in [0.29, 0.717) is 0 Å². The Morgan fingerprint density at radius 3 is 2.47 bits per heavy atom. The van der Waals surface area contributed by atoms with E-state index in [2.05, 4.69) is 15.9 Å². The maximum atomic E-state index is 12.8. The van der Waals surface area contributed by atoms with E-state index in [9.17, 15) is 23.7 Å². The van der Waals surface area contributed by atoms with Crippen LogP contribution in [-0.4, -0.2) is 15.5 Å². The Balaban J connectivity index is 3.45. The van der Waals surface area contributed by atoms with Crippen molar-refractivity contribution in [2.24, 2.45) is 0 Å². The van der Waals surface area contributed by atoms with E-state index in [1.165, 1.54) is 13.0 Å². The highest BCUT2D eigenvalue weighted by molar-refractivity contribution is 9.10. The molecule has 1 aromatic carbocycles. The molecule has 17 heavy (non-hydrogen) atoms. The van der Waals surface area contributed by atoms with Crippen LogP contribution in [0.25, 0.3) is 0 Å². The normalized spacial score (nSPS) is 12.5. The molecule has 0 aromatic heterocycles. The first-order chi connectivity index (χ1) is 7.86. The Morgan fingerprint density at radius 2 is 2.06 bits per heavy atom. The molecule has 0 radical (unpaired) electrons. The third kappa shape index (κ3) is 2.85. The molecule has 1 unspecified atom stereocenters. The van der Waals surface area contributed by atoms with E-state index in [0.717, 1.165) is 12.1 Å². The number of benzene rings is 1. The number of ketones is 1. The molecule has 92 valence electrons. The van der Waals surface area contributed by atoms with Crippen LogP contribution < -0.4 is 0 Å². The van der Waals surface area contributed by atoms with Gasteiger partial charge in [0.15, 0.2) is 5.78 Å². The maximum absolute atomic E-state index is 12.8. The van der Waals surface area contributed by atoms with Crippen molar-refractivity contribution >= 4 is 27.4 Å². The minimum Gasteiger partial charge on any atom is -0.293 e. The summed E-state index contributed by atoms with van der Waals surface area (Å²) in [6.45, 7) is 1.47. The fourth-order valence-corrected chi connectivity index (χ4v) is 1.62. The summed E-state index contributed by atoms with van der Waals surface area (Å²) in [5.74, 6) is -0.607. The molecule has 1 rings (SSSR count). The van der Waals surface area contributed by atoms with Crippen molar-refractivity contribution in [1.82, 2.24) is 0 Å². The molecule has 0 saturated heterocycles. The quantitative estimate of drug-likeness (QED) is 0.370. The van der Waals surface area contributed by atoms with Crippen LogP contribution in [0, 0.1) is 10.1 Å². The van der Waals surface area contributed by atoms with Gasteiger partial charge in [0.2, 0.25) is 0 Å². The third-order valence-corrected chi connectivity index (χ3v) is 2.54. The lowest BCUT2D eigenvalue weighted by molar-refractivity contribution is -0.386. The van der Waals surface area contributed by atoms with E-state index in [-0.39, 0.29) is 5.56 Å². The summed E-state index contributed by atoms with van der Waals surface area (Å²) in [5.41, 5.74) is -1.88. The van der Waals surface area contributed by atoms with Gasteiger partial charge in [0.1, 0.15) is 5.56 Å². The zero-order valence-corrected chi connectivity index (χ0v) is 10.3. The number of carbonyl (C=O) groups is 1. The summed E-state index contributed by atoms with van der Waals surface area (Å²) >= 11 is 2.96. The number of Topliss-reactive ketones (excluding diaryl/α,β-unsaturated/α-hetero) is 1. The maximum Gasteiger partial charge on any atom is 0.279 e. The number of hydrogen-bond donors (Lipinski definition) is 0. The summed E-state index contributed by atoms with van der Waals surface area (Å²) in [6.07, 6.45) is -3.07. The lowest BCUT2D eigenvalue weighted by Crippen LogP contribution is -2.14. The lowest BCUT2D eigenvalue weighted by atomic mass is 10.0. The number of nitrogens with zero attached hydrogens (tertiary/aromatic N) is 1.